The Morgan fingerprint density at radius 1 is 0.457 bits per heavy atom. The molecule has 0 amide bonds. The van der Waals surface area contributed by atoms with Gasteiger partial charge in [0.15, 0.2) is 19.6 Å². The van der Waals surface area contributed by atoms with Crippen molar-refractivity contribution < 1.29 is 0 Å². The second kappa shape index (κ2) is 15.3. The van der Waals surface area contributed by atoms with Crippen molar-refractivity contribution in [1.82, 2.24) is 9.13 Å². The van der Waals surface area contributed by atoms with Crippen LogP contribution in [-0.4, -0.2) is 9.13 Å². The molecular weight excluding hydrogens is 609 g/mol. The standard InChI is InChI=1S/C36H34N8S2/c1-27-33(41-39-31-19-11-5-12-20-31)45-35(37-25-29-15-7-3-8-16-29)43(27)23-24-44-28(2)34(42-40-32-21-13-6-14-22-32)46-36(44)38-26-30-17-9-4-10-18-30/h3-22H,23-26H2,1-2H3. The summed E-state index contributed by atoms with van der Waals surface area (Å²) in [5.41, 5.74) is 6.00. The number of nitrogens with zero attached hydrogens (tertiary/aromatic N) is 8. The first kappa shape index (κ1) is 30.9. The highest BCUT2D eigenvalue weighted by molar-refractivity contribution is 7.13. The lowest BCUT2D eigenvalue weighted by Gasteiger charge is -2.10. The van der Waals surface area contributed by atoms with Gasteiger partial charge in [-0.05, 0) is 49.2 Å². The molecule has 0 atom stereocenters. The third-order valence-electron chi connectivity index (χ3n) is 7.32. The van der Waals surface area contributed by atoms with Gasteiger partial charge in [0.25, 0.3) is 0 Å². The summed E-state index contributed by atoms with van der Waals surface area (Å²) in [6.45, 7) is 6.71. The van der Waals surface area contributed by atoms with Crippen molar-refractivity contribution in [3.63, 3.8) is 0 Å². The zero-order valence-corrected chi connectivity index (χ0v) is 27.4. The molecule has 0 radical (unpaired) electrons. The Kier molecular flexibility index (Phi) is 10.3. The summed E-state index contributed by atoms with van der Waals surface area (Å²) >= 11 is 3.12. The molecule has 0 aliphatic carbocycles. The number of benzene rings is 4. The molecule has 8 nitrogen and oxygen atoms in total. The molecule has 0 bridgehead atoms. The minimum Gasteiger partial charge on any atom is -0.317 e. The van der Waals surface area contributed by atoms with Crippen molar-refractivity contribution in [3.8, 4) is 0 Å². The van der Waals surface area contributed by atoms with Crippen LogP contribution in [0.4, 0.5) is 21.4 Å². The van der Waals surface area contributed by atoms with E-state index in [4.69, 9.17) is 9.98 Å². The zero-order valence-electron chi connectivity index (χ0n) is 25.8. The molecule has 0 aliphatic heterocycles. The van der Waals surface area contributed by atoms with Gasteiger partial charge in [0.2, 0.25) is 0 Å². The van der Waals surface area contributed by atoms with Crippen molar-refractivity contribution in [1.29, 1.82) is 0 Å². The van der Waals surface area contributed by atoms with E-state index in [1.54, 1.807) is 22.7 Å². The molecule has 4 aromatic carbocycles. The van der Waals surface area contributed by atoms with Crippen LogP contribution < -0.4 is 9.60 Å². The van der Waals surface area contributed by atoms with E-state index in [1.807, 2.05) is 97.1 Å². The van der Waals surface area contributed by atoms with E-state index in [1.165, 1.54) is 0 Å². The highest BCUT2D eigenvalue weighted by atomic mass is 32.1. The van der Waals surface area contributed by atoms with E-state index in [9.17, 15) is 0 Å². The van der Waals surface area contributed by atoms with Crippen LogP contribution in [-0.2, 0) is 26.2 Å². The molecule has 0 N–H and O–H groups in total. The maximum atomic E-state index is 5.03. The number of hydrogen-bond acceptors (Lipinski definition) is 8. The average molecular weight is 643 g/mol. The number of hydrogen-bond donors (Lipinski definition) is 0. The fraction of sp³-hybridized carbons (Fsp3) is 0.167. The van der Waals surface area contributed by atoms with Crippen LogP contribution in [0.3, 0.4) is 0 Å². The normalized spacial score (nSPS) is 12.6. The number of rotatable bonds is 11. The van der Waals surface area contributed by atoms with Crippen molar-refractivity contribution in [2.45, 2.75) is 40.0 Å². The van der Waals surface area contributed by atoms with Gasteiger partial charge in [-0.3, -0.25) is 9.98 Å². The van der Waals surface area contributed by atoms with Gasteiger partial charge in [-0.25, -0.2) is 0 Å². The highest BCUT2D eigenvalue weighted by Crippen LogP contribution is 2.27. The summed E-state index contributed by atoms with van der Waals surface area (Å²) in [5.74, 6) is 0. The van der Waals surface area contributed by atoms with Gasteiger partial charge < -0.3 is 9.13 Å². The first-order valence-electron chi connectivity index (χ1n) is 15.1. The Hall–Kier alpha value is -5.06. The maximum Gasteiger partial charge on any atom is 0.187 e. The monoisotopic (exact) mass is 642 g/mol. The van der Waals surface area contributed by atoms with Crippen LogP contribution in [0.1, 0.15) is 22.5 Å². The topological polar surface area (TPSA) is 84.0 Å². The van der Waals surface area contributed by atoms with Gasteiger partial charge in [-0.1, -0.05) is 120 Å². The fourth-order valence-corrected chi connectivity index (χ4v) is 6.74. The van der Waals surface area contributed by atoms with Crippen LogP contribution in [0.2, 0.25) is 0 Å². The molecule has 2 aromatic heterocycles. The van der Waals surface area contributed by atoms with E-state index in [0.29, 0.717) is 26.2 Å². The maximum absolute atomic E-state index is 5.03. The molecule has 2 heterocycles. The predicted molar refractivity (Wildman–Crippen MR) is 187 cm³/mol. The SMILES string of the molecule is Cc1c(N=Nc2ccccc2)sc(=NCc2ccccc2)n1CCn1c(C)c(N=Nc2ccccc2)sc1=NCc1ccccc1. The van der Waals surface area contributed by atoms with Gasteiger partial charge in [0.05, 0.1) is 35.9 Å². The Morgan fingerprint density at radius 3 is 1.17 bits per heavy atom. The lowest BCUT2D eigenvalue weighted by atomic mass is 10.2. The van der Waals surface area contributed by atoms with Crippen molar-refractivity contribution in [2.75, 3.05) is 0 Å². The quantitative estimate of drug-likeness (QED) is 0.126. The van der Waals surface area contributed by atoms with E-state index in [-0.39, 0.29) is 0 Å². The third kappa shape index (κ3) is 7.96. The molecule has 46 heavy (non-hydrogen) atoms. The molecule has 0 spiro atoms. The zero-order chi connectivity index (χ0) is 31.6. The second-order valence-electron chi connectivity index (χ2n) is 10.5. The first-order valence-corrected chi connectivity index (χ1v) is 16.7. The summed E-state index contributed by atoms with van der Waals surface area (Å²) in [5, 5.41) is 19.9. The summed E-state index contributed by atoms with van der Waals surface area (Å²) in [7, 11) is 0. The van der Waals surface area contributed by atoms with Crippen molar-refractivity contribution >= 4 is 44.1 Å². The fourth-order valence-electron chi connectivity index (χ4n) is 4.78. The summed E-state index contributed by atoms with van der Waals surface area (Å²) < 4.78 is 4.48. The predicted octanol–water partition coefficient (Wildman–Crippen LogP) is 9.76. The molecule has 230 valence electrons. The van der Waals surface area contributed by atoms with E-state index < -0.39 is 0 Å². The van der Waals surface area contributed by atoms with Crippen LogP contribution >= 0.6 is 22.7 Å². The molecule has 6 aromatic rings. The molecular formula is C36H34N8S2. The Bertz CT molecular complexity index is 1900. The molecule has 6 rings (SSSR count). The van der Waals surface area contributed by atoms with Gasteiger partial charge in [0, 0.05) is 13.1 Å². The highest BCUT2D eigenvalue weighted by Gasteiger charge is 2.14. The van der Waals surface area contributed by atoms with Crippen LogP contribution in [0, 0.1) is 13.8 Å². The molecule has 0 fully saturated rings. The molecule has 10 heteroatoms. The first-order chi connectivity index (χ1) is 22.6. The number of thiazole rings is 2. The van der Waals surface area contributed by atoms with Gasteiger partial charge in [-0.15, -0.1) is 20.5 Å². The number of azo groups is 2. The van der Waals surface area contributed by atoms with Crippen LogP contribution in [0.15, 0.2) is 152 Å². The Labute approximate surface area is 276 Å². The minimum atomic E-state index is 0.586. The Morgan fingerprint density at radius 2 is 0.804 bits per heavy atom. The smallest absolute Gasteiger partial charge is 0.187 e. The van der Waals surface area contributed by atoms with Gasteiger partial charge in [0.1, 0.15) is 0 Å². The molecule has 0 unspecified atom stereocenters. The van der Waals surface area contributed by atoms with Crippen LogP contribution in [0.5, 0.6) is 0 Å². The average Bonchev–Trinajstić information content (AvgIpc) is 3.58. The molecule has 0 aliphatic rings. The largest absolute Gasteiger partial charge is 0.317 e. The van der Waals surface area contributed by atoms with Crippen molar-refractivity contribution in [3.05, 3.63) is 153 Å². The number of aromatic nitrogens is 2. The summed E-state index contributed by atoms with van der Waals surface area (Å²) in [6.07, 6.45) is 0. The van der Waals surface area contributed by atoms with Crippen LogP contribution in [0.25, 0.3) is 0 Å². The second-order valence-corrected chi connectivity index (χ2v) is 12.4. The molecule has 0 saturated carbocycles. The summed E-state index contributed by atoms with van der Waals surface area (Å²) in [6, 6.07) is 40.2. The lowest BCUT2D eigenvalue weighted by molar-refractivity contribution is 0.539. The van der Waals surface area contributed by atoms with Gasteiger partial charge >= 0.3 is 0 Å². The molecule has 0 saturated heterocycles. The third-order valence-corrected chi connectivity index (χ3v) is 9.52. The van der Waals surface area contributed by atoms with E-state index in [2.05, 4.69) is 67.7 Å². The Balaban J connectivity index is 1.35. The van der Waals surface area contributed by atoms with Gasteiger partial charge in [-0.2, -0.15) is 0 Å². The van der Waals surface area contributed by atoms with E-state index >= 15 is 0 Å². The van der Waals surface area contributed by atoms with Crippen molar-refractivity contribution in [2.24, 2.45) is 30.4 Å². The van der Waals surface area contributed by atoms with E-state index in [0.717, 1.165) is 53.5 Å². The lowest BCUT2D eigenvalue weighted by Crippen LogP contribution is -2.24. The minimum absolute atomic E-state index is 0.586. The summed E-state index contributed by atoms with van der Waals surface area (Å²) in [4.78, 5) is 11.9.